The van der Waals surface area contributed by atoms with E-state index in [1.165, 1.54) is 6.42 Å². The molecule has 4 saturated carbocycles. The number of fused-ring (bicyclic) bond motifs is 1. The third-order valence-corrected chi connectivity index (χ3v) is 7.29. The van der Waals surface area contributed by atoms with Crippen LogP contribution in [0.25, 0.3) is 0 Å². The molecule has 124 valence electrons. The Labute approximate surface area is 133 Å². The van der Waals surface area contributed by atoms with Crippen molar-refractivity contribution in [3.8, 4) is 0 Å². The monoisotopic (exact) mass is 306 g/mol. The van der Waals surface area contributed by atoms with Crippen LogP contribution >= 0.6 is 0 Å². The summed E-state index contributed by atoms with van der Waals surface area (Å²) in [4.78, 5) is 12.8. The highest BCUT2D eigenvalue weighted by Crippen LogP contribution is 2.84. The summed E-state index contributed by atoms with van der Waals surface area (Å²) in [7, 11) is 0. The van der Waals surface area contributed by atoms with Gasteiger partial charge in [0.25, 0.3) is 0 Å². The Morgan fingerprint density at radius 2 is 1.95 bits per heavy atom. The van der Waals surface area contributed by atoms with Crippen LogP contribution < -0.4 is 0 Å². The van der Waals surface area contributed by atoms with Crippen LogP contribution in [0.4, 0.5) is 0 Å². The third-order valence-electron chi connectivity index (χ3n) is 7.29. The lowest BCUT2D eigenvalue weighted by molar-refractivity contribution is -0.297. The highest BCUT2D eigenvalue weighted by molar-refractivity contribution is 5.73. The van der Waals surface area contributed by atoms with Gasteiger partial charge in [0.1, 0.15) is 5.60 Å². The number of hydrogen-bond donors (Lipinski definition) is 1. The summed E-state index contributed by atoms with van der Waals surface area (Å²) in [5, 5.41) is 10.8. The fraction of sp³-hybridized carbons (Fsp3) is 0.947. The maximum absolute atomic E-state index is 12.8. The molecule has 22 heavy (non-hydrogen) atoms. The lowest BCUT2D eigenvalue weighted by Gasteiger charge is -2.71. The van der Waals surface area contributed by atoms with Crippen LogP contribution in [0.2, 0.25) is 0 Å². The molecule has 4 aliphatic rings. The molecule has 0 aromatic rings. The lowest BCUT2D eigenvalue weighted by atomic mass is 9.36. The molecule has 6 unspecified atom stereocenters. The standard InChI is InChI=1S/C19H30O3/c1-5-12(7-16(2,3)4)15(20)22-18-9-14-6-13-8-17(21,10-18)11-19(13,14)18/h12-14,21H,5-11H2,1-4H3. The van der Waals surface area contributed by atoms with Crippen molar-refractivity contribution in [3.05, 3.63) is 0 Å². The zero-order valence-corrected chi connectivity index (χ0v) is 14.4. The van der Waals surface area contributed by atoms with Crippen molar-refractivity contribution in [3.63, 3.8) is 0 Å². The molecule has 0 aliphatic heterocycles. The first kappa shape index (κ1) is 15.0. The second-order valence-corrected chi connectivity index (χ2v) is 9.94. The summed E-state index contributed by atoms with van der Waals surface area (Å²) < 4.78 is 6.19. The van der Waals surface area contributed by atoms with Gasteiger partial charge in [-0.25, -0.2) is 0 Å². The Bertz CT molecular complexity index is 521. The Balaban J connectivity index is 1.51. The molecule has 0 heterocycles. The first-order chi connectivity index (χ1) is 10.1. The molecule has 4 fully saturated rings. The van der Waals surface area contributed by atoms with E-state index in [9.17, 15) is 9.90 Å². The van der Waals surface area contributed by atoms with E-state index in [2.05, 4.69) is 27.7 Å². The largest absolute Gasteiger partial charge is 0.458 e. The maximum Gasteiger partial charge on any atom is 0.309 e. The van der Waals surface area contributed by atoms with Gasteiger partial charge in [0.05, 0.1) is 11.5 Å². The summed E-state index contributed by atoms with van der Waals surface area (Å²) in [6.45, 7) is 8.63. The van der Waals surface area contributed by atoms with E-state index in [1.54, 1.807) is 0 Å². The number of ether oxygens (including phenoxy) is 1. The van der Waals surface area contributed by atoms with E-state index in [4.69, 9.17) is 4.74 Å². The van der Waals surface area contributed by atoms with E-state index in [0.29, 0.717) is 18.3 Å². The molecule has 0 aromatic carbocycles. The zero-order chi connectivity index (χ0) is 16.0. The topological polar surface area (TPSA) is 46.5 Å². The minimum absolute atomic E-state index is 0.00267. The van der Waals surface area contributed by atoms with Gasteiger partial charge in [-0.15, -0.1) is 0 Å². The van der Waals surface area contributed by atoms with Gasteiger partial charge in [-0.1, -0.05) is 27.7 Å². The smallest absolute Gasteiger partial charge is 0.309 e. The second kappa shape index (κ2) is 4.09. The molecule has 1 spiro atoms. The number of carbonyl (C=O) groups excluding carboxylic acids is 1. The third kappa shape index (κ3) is 1.69. The fourth-order valence-corrected chi connectivity index (χ4v) is 6.68. The highest BCUT2D eigenvalue weighted by atomic mass is 16.6. The molecule has 0 aromatic heterocycles. The van der Waals surface area contributed by atoms with Crippen molar-refractivity contribution in [2.45, 2.75) is 83.8 Å². The van der Waals surface area contributed by atoms with Crippen LogP contribution in [0, 0.1) is 28.6 Å². The number of carbonyl (C=O) groups is 1. The normalized spacial score (nSPS) is 49.1. The van der Waals surface area contributed by atoms with Crippen LogP contribution in [0.15, 0.2) is 0 Å². The van der Waals surface area contributed by atoms with Crippen molar-refractivity contribution in [2.24, 2.45) is 28.6 Å². The Hall–Kier alpha value is -0.570. The minimum Gasteiger partial charge on any atom is -0.458 e. The quantitative estimate of drug-likeness (QED) is 0.806. The average molecular weight is 306 g/mol. The zero-order valence-electron chi connectivity index (χ0n) is 14.4. The molecular formula is C19H30O3. The van der Waals surface area contributed by atoms with Crippen molar-refractivity contribution >= 4 is 5.97 Å². The molecule has 1 N–H and O–H groups in total. The second-order valence-electron chi connectivity index (χ2n) is 9.94. The Kier molecular flexibility index (Phi) is 2.79. The van der Waals surface area contributed by atoms with E-state index >= 15 is 0 Å². The van der Waals surface area contributed by atoms with Gasteiger partial charge in [0, 0.05) is 11.8 Å². The fourth-order valence-electron chi connectivity index (χ4n) is 6.68. The Morgan fingerprint density at radius 3 is 2.50 bits per heavy atom. The van der Waals surface area contributed by atoms with Crippen LogP contribution in [0.5, 0.6) is 0 Å². The summed E-state index contributed by atoms with van der Waals surface area (Å²) >= 11 is 0. The van der Waals surface area contributed by atoms with Crippen molar-refractivity contribution < 1.29 is 14.6 Å². The lowest BCUT2D eigenvalue weighted by Crippen LogP contribution is -2.72. The van der Waals surface area contributed by atoms with E-state index in [-0.39, 0.29) is 28.3 Å². The van der Waals surface area contributed by atoms with E-state index < -0.39 is 5.60 Å². The molecular weight excluding hydrogens is 276 g/mol. The molecule has 3 heteroatoms. The molecule has 0 radical (unpaired) electrons. The van der Waals surface area contributed by atoms with E-state index in [0.717, 1.165) is 32.1 Å². The number of hydrogen-bond acceptors (Lipinski definition) is 3. The molecule has 4 rings (SSSR count). The predicted octanol–water partition coefficient (Wildman–Crippen LogP) is 3.69. The molecule has 0 amide bonds. The number of esters is 1. The average Bonchev–Trinajstić information content (AvgIpc) is 2.77. The van der Waals surface area contributed by atoms with Crippen LogP contribution in [-0.4, -0.2) is 22.3 Å². The van der Waals surface area contributed by atoms with E-state index in [1.807, 2.05) is 0 Å². The first-order valence-corrected chi connectivity index (χ1v) is 9.08. The van der Waals surface area contributed by atoms with Crippen molar-refractivity contribution in [1.29, 1.82) is 0 Å². The molecule has 2 bridgehead atoms. The molecule has 0 saturated heterocycles. The van der Waals surface area contributed by atoms with Crippen molar-refractivity contribution in [2.75, 3.05) is 0 Å². The highest BCUT2D eigenvalue weighted by Gasteiger charge is 2.86. The van der Waals surface area contributed by atoms with Crippen LogP contribution in [0.3, 0.4) is 0 Å². The van der Waals surface area contributed by atoms with Gasteiger partial charge in [0.15, 0.2) is 0 Å². The maximum atomic E-state index is 12.8. The van der Waals surface area contributed by atoms with Crippen molar-refractivity contribution in [1.82, 2.24) is 0 Å². The molecule has 3 nitrogen and oxygen atoms in total. The van der Waals surface area contributed by atoms with Gasteiger partial charge >= 0.3 is 5.97 Å². The summed E-state index contributed by atoms with van der Waals surface area (Å²) in [6.07, 6.45) is 6.51. The van der Waals surface area contributed by atoms with Gasteiger partial charge in [-0.3, -0.25) is 4.79 Å². The molecule has 4 aliphatic carbocycles. The first-order valence-electron chi connectivity index (χ1n) is 9.08. The van der Waals surface area contributed by atoms with Gasteiger partial charge in [-0.2, -0.15) is 0 Å². The van der Waals surface area contributed by atoms with Gasteiger partial charge < -0.3 is 9.84 Å². The Morgan fingerprint density at radius 1 is 1.27 bits per heavy atom. The van der Waals surface area contributed by atoms with Gasteiger partial charge in [-0.05, 0) is 55.8 Å². The number of aliphatic hydroxyl groups is 1. The summed E-state index contributed by atoms with van der Waals surface area (Å²) in [6, 6.07) is 0. The molecule has 6 atom stereocenters. The van der Waals surface area contributed by atoms with Crippen LogP contribution in [0.1, 0.15) is 72.6 Å². The SMILES string of the molecule is CCC(CC(C)(C)C)C(=O)OC12CC3CC4CC(O)(C1)CC432. The summed E-state index contributed by atoms with van der Waals surface area (Å²) in [5.41, 5.74) is -0.543. The van der Waals surface area contributed by atoms with Crippen LogP contribution in [-0.2, 0) is 9.53 Å². The minimum atomic E-state index is -0.540. The predicted molar refractivity (Wildman–Crippen MR) is 84.1 cm³/mol. The summed E-state index contributed by atoms with van der Waals surface area (Å²) in [5.74, 6) is 1.31. The van der Waals surface area contributed by atoms with Gasteiger partial charge in [0.2, 0.25) is 0 Å². The number of rotatable bonds is 4.